The summed E-state index contributed by atoms with van der Waals surface area (Å²) in [6.45, 7) is 10.3. The van der Waals surface area contributed by atoms with Gasteiger partial charge in [-0.05, 0) is 33.7 Å². The van der Waals surface area contributed by atoms with Gasteiger partial charge in [-0.3, -0.25) is 4.68 Å². The Labute approximate surface area is 96.8 Å². The molecule has 0 aliphatic carbocycles. The normalized spacial score (nSPS) is 13.1. The number of nitrogens with zero attached hydrogens (tertiary/aromatic N) is 2. The fourth-order valence-corrected chi connectivity index (χ4v) is 1.77. The van der Waals surface area contributed by atoms with E-state index in [2.05, 4.69) is 24.3 Å². The lowest BCUT2D eigenvalue weighted by Gasteiger charge is -2.14. The Morgan fingerprint density at radius 2 is 2.13 bits per heavy atom. The Bertz CT molecular complexity index is 320. The average Bonchev–Trinajstić information content (AvgIpc) is 2.46. The molecule has 0 aromatic carbocycles. The summed E-state index contributed by atoms with van der Waals surface area (Å²) < 4.78 is 2.00. The highest BCUT2D eigenvalue weighted by molar-refractivity contribution is 6.31. The van der Waals surface area contributed by atoms with Gasteiger partial charge in [-0.15, -0.1) is 0 Å². The van der Waals surface area contributed by atoms with Gasteiger partial charge >= 0.3 is 0 Å². The first-order valence-electron chi connectivity index (χ1n) is 5.49. The van der Waals surface area contributed by atoms with Crippen LogP contribution in [0.25, 0.3) is 0 Å². The van der Waals surface area contributed by atoms with Crippen LogP contribution < -0.4 is 5.32 Å². The van der Waals surface area contributed by atoms with E-state index in [1.165, 1.54) is 0 Å². The first-order chi connectivity index (χ1) is 7.07. The Kier molecular flexibility index (Phi) is 4.61. The summed E-state index contributed by atoms with van der Waals surface area (Å²) in [7, 11) is 0. The average molecular weight is 230 g/mol. The van der Waals surface area contributed by atoms with Crippen LogP contribution in [0.2, 0.25) is 5.02 Å². The second-order valence-electron chi connectivity index (χ2n) is 3.98. The monoisotopic (exact) mass is 229 g/mol. The maximum absolute atomic E-state index is 6.10. The number of hydrogen-bond donors (Lipinski definition) is 1. The lowest BCUT2D eigenvalue weighted by molar-refractivity contribution is 0.444. The smallest absolute Gasteiger partial charge is 0.0844 e. The van der Waals surface area contributed by atoms with Gasteiger partial charge in [-0.25, -0.2) is 0 Å². The van der Waals surface area contributed by atoms with Crippen molar-refractivity contribution >= 4 is 11.6 Å². The molecule has 0 saturated carbocycles. The van der Waals surface area contributed by atoms with E-state index in [4.69, 9.17) is 11.6 Å². The Balaban J connectivity index is 2.65. The van der Waals surface area contributed by atoms with E-state index in [1.807, 2.05) is 18.5 Å². The predicted molar refractivity (Wildman–Crippen MR) is 64.6 cm³/mol. The lowest BCUT2D eigenvalue weighted by Crippen LogP contribution is -2.25. The zero-order valence-corrected chi connectivity index (χ0v) is 10.7. The number of aryl methyl sites for hydroxylation is 1. The summed E-state index contributed by atoms with van der Waals surface area (Å²) in [5.41, 5.74) is 1.97. The number of nitrogens with one attached hydrogen (secondary N) is 1. The fourth-order valence-electron chi connectivity index (χ4n) is 1.65. The molecule has 0 fully saturated rings. The molecular weight excluding hydrogens is 210 g/mol. The van der Waals surface area contributed by atoms with Crippen LogP contribution in [0.5, 0.6) is 0 Å². The molecule has 4 heteroatoms. The standard InChI is InChI=1S/C11H20ClN3/c1-5-6-13-7-8(2)15-10(4)11(12)9(3)14-15/h8,13H,5-7H2,1-4H3. The molecular formula is C11H20ClN3. The van der Waals surface area contributed by atoms with Crippen LogP contribution in [-0.2, 0) is 0 Å². The quantitative estimate of drug-likeness (QED) is 0.787. The van der Waals surface area contributed by atoms with Crippen molar-refractivity contribution < 1.29 is 0 Å². The second-order valence-corrected chi connectivity index (χ2v) is 4.36. The molecule has 0 bridgehead atoms. The van der Waals surface area contributed by atoms with Crippen molar-refractivity contribution in [3.8, 4) is 0 Å². The highest BCUT2D eigenvalue weighted by Gasteiger charge is 2.13. The van der Waals surface area contributed by atoms with Crippen LogP contribution in [0.4, 0.5) is 0 Å². The summed E-state index contributed by atoms with van der Waals surface area (Å²) in [6.07, 6.45) is 1.16. The Hall–Kier alpha value is -0.540. The van der Waals surface area contributed by atoms with Crippen molar-refractivity contribution in [3.05, 3.63) is 16.4 Å². The van der Waals surface area contributed by atoms with Gasteiger partial charge in [0.15, 0.2) is 0 Å². The van der Waals surface area contributed by atoms with Crippen molar-refractivity contribution in [2.75, 3.05) is 13.1 Å². The highest BCUT2D eigenvalue weighted by Crippen LogP contribution is 2.21. The third-order valence-electron chi connectivity index (χ3n) is 2.52. The van der Waals surface area contributed by atoms with E-state index in [0.717, 1.165) is 35.9 Å². The van der Waals surface area contributed by atoms with Gasteiger partial charge in [-0.1, -0.05) is 18.5 Å². The van der Waals surface area contributed by atoms with E-state index in [0.29, 0.717) is 6.04 Å². The molecule has 0 aliphatic heterocycles. The molecule has 0 aliphatic rings. The second kappa shape index (κ2) is 5.52. The first-order valence-corrected chi connectivity index (χ1v) is 5.87. The molecule has 3 nitrogen and oxygen atoms in total. The van der Waals surface area contributed by atoms with E-state index < -0.39 is 0 Å². The van der Waals surface area contributed by atoms with E-state index >= 15 is 0 Å². The van der Waals surface area contributed by atoms with E-state index in [1.54, 1.807) is 0 Å². The number of aromatic nitrogens is 2. The summed E-state index contributed by atoms with van der Waals surface area (Å²) in [6, 6.07) is 0.350. The third kappa shape index (κ3) is 2.95. The molecule has 1 aromatic rings. The number of rotatable bonds is 5. The van der Waals surface area contributed by atoms with E-state index in [9.17, 15) is 0 Å². The predicted octanol–water partition coefficient (Wildman–Crippen LogP) is 2.71. The minimum Gasteiger partial charge on any atom is -0.315 e. The molecule has 1 N–H and O–H groups in total. The third-order valence-corrected chi connectivity index (χ3v) is 3.07. The molecule has 1 unspecified atom stereocenters. The highest BCUT2D eigenvalue weighted by atomic mass is 35.5. The van der Waals surface area contributed by atoms with Gasteiger partial charge in [0.1, 0.15) is 0 Å². The van der Waals surface area contributed by atoms with Gasteiger partial charge in [0.2, 0.25) is 0 Å². The van der Waals surface area contributed by atoms with Crippen LogP contribution in [0.15, 0.2) is 0 Å². The molecule has 0 saturated heterocycles. The van der Waals surface area contributed by atoms with Crippen LogP contribution in [0, 0.1) is 13.8 Å². The van der Waals surface area contributed by atoms with Crippen LogP contribution in [-0.4, -0.2) is 22.9 Å². The zero-order valence-electron chi connectivity index (χ0n) is 9.97. The van der Waals surface area contributed by atoms with Gasteiger partial charge in [-0.2, -0.15) is 5.10 Å². The Morgan fingerprint density at radius 3 is 2.60 bits per heavy atom. The van der Waals surface area contributed by atoms with Crippen molar-refractivity contribution in [2.24, 2.45) is 0 Å². The lowest BCUT2D eigenvalue weighted by atomic mass is 10.3. The van der Waals surface area contributed by atoms with Gasteiger partial charge < -0.3 is 5.32 Å². The summed E-state index contributed by atoms with van der Waals surface area (Å²) >= 11 is 6.10. The minimum absolute atomic E-state index is 0.350. The van der Waals surface area contributed by atoms with Crippen molar-refractivity contribution in [2.45, 2.75) is 40.2 Å². The number of halogens is 1. The zero-order chi connectivity index (χ0) is 11.4. The summed E-state index contributed by atoms with van der Waals surface area (Å²) in [5, 5.41) is 8.61. The molecule has 1 aromatic heterocycles. The van der Waals surface area contributed by atoms with Crippen molar-refractivity contribution in [1.82, 2.24) is 15.1 Å². The van der Waals surface area contributed by atoms with Crippen molar-refractivity contribution in [1.29, 1.82) is 0 Å². The van der Waals surface area contributed by atoms with Crippen molar-refractivity contribution in [3.63, 3.8) is 0 Å². The molecule has 0 amide bonds. The Morgan fingerprint density at radius 1 is 1.47 bits per heavy atom. The summed E-state index contributed by atoms with van der Waals surface area (Å²) in [4.78, 5) is 0. The first kappa shape index (κ1) is 12.5. The van der Waals surface area contributed by atoms with Gasteiger partial charge in [0.05, 0.1) is 22.5 Å². The van der Waals surface area contributed by atoms with Crippen LogP contribution >= 0.6 is 11.6 Å². The summed E-state index contributed by atoms with van der Waals surface area (Å²) in [5.74, 6) is 0. The maximum Gasteiger partial charge on any atom is 0.0844 e. The molecule has 15 heavy (non-hydrogen) atoms. The molecule has 1 heterocycles. The van der Waals surface area contributed by atoms with Gasteiger partial charge in [0.25, 0.3) is 0 Å². The molecule has 1 rings (SSSR count). The van der Waals surface area contributed by atoms with Crippen LogP contribution in [0.3, 0.4) is 0 Å². The largest absolute Gasteiger partial charge is 0.315 e. The van der Waals surface area contributed by atoms with Crippen LogP contribution in [0.1, 0.15) is 37.7 Å². The fraction of sp³-hybridized carbons (Fsp3) is 0.727. The molecule has 0 spiro atoms. The maximum atomic E-state index is 6.10. The minimum atomic E-state index is 0.350. The SMILES string of the molecule is CCCNCC(C)n1nc(C)c(Cl)c1C. The molecule has 1 atom stereocenters. The molecule has 86 valence electrons. The number of hydrogen-bond acceptors (Lipinski definition) is 2. The molecule has 0 radical (unpaired) electrons. The topological polar surface area (TPSA) is 29.9 Å². The van der Waals surface area contributed by atoms with E-state index in [-0.39, 0.29) is 0 Å². The van der Waals surface area contributed by atoms with Gasteiger partial charge in [0, 0.05) is 6.54 Å².